The Morgan fingerprint density at radius 1 is 1.13 bits per heavy atom. The molecule has 2 atom stereocenters. The van der Waals surface area contributed by atoms with Gasteiger partial charge in [-0.05, 0) is 79.1 Å². The van der Waals surface area contributed by atoms with Crippen LogP contribution in [-0.4, -0.2) is 56.5 Å². The van der Waals surface area contributed by atoms with Crippen molar-refractivity contribution in [2.45, 2.75) is 69.1 Å². The number of nitrogens with one attached hydrogen (secondary N) is 1. The smallest absolute Gasteiger partial charge is 0.416 e. The monoisotopic (exact) mass is 624 g/mol. The van der Waals surface area contributed by atoms with Gasteiger partial charge in [-0.3, -0.25) is 14.5 Å². The minimum Gasteiger partial charge on any atom is -0.481 e. The molecule has 13 heteroatoms. The Balaban J connectivity index is 1.27. The molecule has 1 aromatic carbocycles. The van der Waals surface area contributed by atoms with E-state index in [1.54, 1.807) is 12.4 Å². The topological polar surface area (TPSA) is 122 Å². The molecule has 1 amide bonds. The van der Waals surface area contributed by atoms with Gasteiger partial charge in [0, 0.05) is 36.2 Å². The number of rotatable bonds is 11. The van der Waals surface area contributed by atoms with E-state index in [9.17, 15) is 27.9 Å². The Morgan fingerprint density at radius 2 is 1.91 bits per heavy atom. The van der Waals surface area contributed by atoms with Crippen molar-refractivity contribution < 1.29 is 32.6 Å². The fourth-order valence-corrected chi connectivity index (χ4v) is 6.67. The second-order valence-corrected chi connectivity index (χ2v) is 12.9. The quantitative estimate of drug-likeness (QED) is 0.307. The number of fused-ring (bicyclic) bond motifs is 1. The SMILES string of the molecule is Cn1cnnc1[C@H](c1cc(C2CC2)nc(N2Cc3c(cc([C@@H](CC(=O)O)NCC4CCC4)cc3C(F)(F)F)C2=O)c1)C1COC1. The zero-order valence-corrected chi connectivity index (χ0v) is 24.9. The van der Waals surface area contributed by atoms with Gasteiger partial charge in [-0.2, -0.15) is 13.2 Å². The average Bonchev–Trinajstić information content (AvgIpc) is 3.63. The zero-order chi connectivity index (χ0) is 31.5. The van der Waals surface area contributed by atoms with E-state index in [0.29, 0.717) is 31.5 Å². The van der Waals surface area contributed by atoms with Crippen molar-refractivity contribution >= 4 is 17.7 Å². The van der Waals surface area contributed by atoms with Crippen molar-refractivity contribution in [1.29, 1.82) is 0 Å². The molecule has 238 valence electrons. The van der Waals surface area contributed by atoms with E-state index in [4.69, 9.17) is 9.72 Å². The van der Waals surface area contributed by atoms with E-state index in [2.05, 4.69) is 15.5 Å². The summed E-state index contributed by atoms with van der Waals surface area (Å²) in [5.74, 6) is -0.168. The first-order valence-corrected chi connectivity index (χ1v) is 15.5. The second kappa shape index (κ2) is 11.5. The van der Waals surface area contributed by atoms with Gasteiger partial charge in [0.25, 0.3) is 5.91 Å². The molecule has 45 heavy (non-hydrogen) atoms. The number of hydrogen-bond acceptors (Lipinski definition) is 7. The summed E-state index contributed by atoms with van der Waals surface area (Å²) in [7, 11) is 1.86. The summed E-state index contributed by atoms with van der Waals surface area (Å²) in [5, 5.41) is 21.2. The van der Waals surface area contributed by atoms with Gasteiger partial charge >= 0.3 is 12.1 Å². The van der Waals surface area contributed by atoms with Crippen LogP contribution in [0.3, 0.4) is 0 Å². The first-order chi connectivity index (χ1) is 21.6. The maximum Gasteiger partial charge on any atom is 0.416 e. The number of aromatic nitrogens is 4. The van der Waals surface area contributed by atoms with Crippen LogP contribution in [-0.2, 0) is 29.3 Å². The van der Waals surface area contributed by atoms with Gasteiger partial charge in [-0.1, -0.05) is 6.42 Å². The van der Waals surface area contributed by atoms with Gasteiger partial charge < -0.3 is 19.7 Å². The lowest BCUT2D eigenvalue weighted by molar-refractivity contribution is -0.138. The third-order valence-corrected chi connectivity index (χ3v) is 9.67. The van der Waals surface area contributed by atoms with Crippen molar-refractivity contribution in [2.75, 3.05) is 24.7 Å². The van der Waals surface area contributed by atoms with E-state index < -0.39 is 36.1 Å². The summed E-state index contributed by atoms with van der Waals surface area (Å²) in [6.45, 7) is 1.29. The van der Waals surface area contributed by atoms with Crippen molar-refractivity contribution in [3.8, 4) is 0 Å². The number of alkyl halides is 3. The predicted molar refractivity (Wildman–Crippen MR) is 156 cm³/mol. The Labute approximate surface area is 258 Å². The van der Waals surface area contributed by atoms with Gasteiger partial charge in [0.2, 0.25) is 0 Å². The summed E-state index contributed by atoms with van der Waals surface area (Å²) in [5.41, 5.74) is 0.699. The molecule has 0 unspecified atom stereocenters. The number of anilines is 1. The number of carboxylic acid groups (broad SMARTS) is 1. The van der Waals surface area contributed by atoms with E-state index in [-0.39, 0.29) is 41.0 Å². The number of benzene rings is 1. The zero-order valence-electron chi connectivity index (χ0n) is 24.9. The maximum absolute atomic E-state index is 14.6. The van der Waals surface area contributed by atoms with Crippen molar-refractivity contribution in [3.63, 3.8) is 0 Å². The molecule has 2 saturated carbocycles. The highest BCUT2D eigenvalue weighted by Crippen LogP contribution is 2.45. The molecule has 0 spiro atoms. The number of carbonyl (C=O) groups excluding carboxylic acids is 1. The molecule has 4 heterocycles. The molecule has 2 aliphatic carbocycles. The molecule has 2 aromatic heterocycles. The van der Waals surface area contributed by atoms with E-state index in [0.717, 1.165) is 55.3 Å². The molecule has 2 N–H and O–H groups in total. The standard InChI is InChI=1S/C32H35F3N6O4/c1-40-16-37-39-30(40)29(21-14-45-15-21)20-9-26(18-5-6-18)38-27(10-20)41-13-23-22(31(41)44)7-19(8-24(23)32(33,34)35)25(11-28(42)43)36-12-17-3-2-4-17/h7-10,16-18,21,25,29,36H,2-6,11-15H2,1H3,(H,42,43)/t25-,29-/m1/s1. The number of nitrogens with zero attached hydrogens (tertiary/aromatic N) is 5. The van der Waals surface area contributed by atoms with Crippen molar-refractivity contribution in [1.82, 2.24) is 25.1 Å². The van der Waals surface area contributed by atoms with Crippen molar-refractivity contribution in [2.24, 2.45) is 18.9 Å². The molecule has 0 radical (unpaired) electrons. The lowest BCUT2D eigenvalue weighted by Gasteiger charge is -2.34. The number of aryl methyl sites for hydroxylation is 1. The molecular formula is C32H35F3N6O4. The molecule has 3 fully saturated rings. The number of carbonyl (C=O) groups is 2. The van der Waals surface area contributed by atoms with Crippen LogP contribution in [0.2, 0.25) is 0 Å². The van der Waals surface area contributed by atoms with Gasteiger partial charge in [-0.25, -0.2) is 4.98 Å². The maximum atomic E-state index is 14.6. The first kappa shape index (κ1) is 29.8. The fraction of sp³-hybridized carbons (Fsp3) is 0.531. The predicted octanol–water partition coefficient (Wildman–Crippen LogP) is 4.95. The highest BCUT2D eigenvalue weighted by Gasteiger charge is 2.43. The van der Waals surface area contributed by atoms with Gasteiger partial charge in [-0.15, -0.1) is 10.2 Å². The molecule has 3 aromatic rings. The summed E-state index contributed by atoms with van der Waals surface area (Å²) in [6, 6.07) is 5.40. The number of amides is 1. The van der Waals surface area contributed by atoms with Gasteiger partial charge in [0.15, 0.2) is 0 Å². The lowest BCUT2D eigenvalue weighted by Crippen LogP contribution is -2.35. The Bertz CT molecular complexity index is 1630. The Morgan fingerprint density at radius 3 is 2.49 bits per heavy atom. The number of hydrogen-bond donors (Lipinski definition) is 2. The number of ether oxygens (including phenoxy) is 1. The molecule has 2 aliphatic heterocycles. The number of aliphatic carboxylic acids is 1. The van der Waals surface area contributed by atoms with Crippen LogP contribution in [0, 0.1) is 11.8 Å². The van der Waals surface area contributed by atoms with Crippen LogP contribution in [0.4, 0.5) is 19.0 Å². The summed E-state index contributed by atoms with van der Waals surface area (Å²) >= 11 is 0. The average molecular weight is 625 g/mol. The Kier molecular flexibility index (Phi) is 7.63. The van der Waals surface area contributed by atoms with E-state index in [1.807, 2.05) is 17.7 Å². The second-order valence-electron chi connectivity index (χ2n) is 12.9. The molecule has 1 saturated heterocycles. The molecule has 4 aliphatic rings. The molecular weight excluding hydrogens is 589 g/mol. The molecule has 0 bridgehead atoms. The summed E-state index contributed by atoms with van der Waals surface area (Å²) < 4.78 is 51.0. The third kappa shape index (κ3) is 5.83. The Hall–Kier alpha value is -3.84. The van der Waals surface area contributed by atoms with Crippen LogP contribution < -0.4 is 10.2 Å². The largest absolute Gasteiger partial charge is 0.481 e. The van der Waals surface area contributed by atoms with Gasteiger partial charge in [0.05, 0.1) is 37.7 Å². The number of pyridine rings is 1. The number of carboxylic acids is 1. The summed E-state index contributed by atoms with van der Waals surface area (Å²) in [4.78, 5) is 31.8. The normalized spacial score (nSPS) is 20.1. The lowest BCUT2D eigenvalue weighted by atomic mass is 9.83. The minimum absolute atomic E-state index is 0.0712. The van der Waals surface area contributed by atoms with Crippen LogP contribution in [0.15, 0.2) is 30.6 Å². The highest BCUT2D eigenvalue weighted by atomic mass is 19.4. The highest BCUT2D eigenvalue weighted by molar-refractivity contribution is 6.10. The van der Waals surface area contributed by atoms with E-state index in [1.165, 1.54) is 11.0 Å². The fourth-order valence-electron chi connectivity index (χ4n) is 6.67. The number of halogens is 3. The van der Waals surface area contributed by atoms with Crippen LogP contribution >= 0.6 is 0 Å². The molecule has 10 nitrogen and oxygen atoms in total. The van der Waals surface area contributed by atoms with Gasteiger partial charge in [0.1, 0.15) is 18.0 Å². The minimum atomic E-state index is -4.74. The van der Waals surface area contributed by atoms with Crippen LogP contribution in [0.25, 0.3) is 0 Å². The van der Waals surface area contributed by atoms with E-state index >= 15 is 0 Å². The first-order valence-electron chi connectivity index (χ1n) is 15.5. The summed E-state index contributed by atoms with van der Waals surface area (Å²) in [6.07, 6.45) is 1.47. The van der Waals surface area contributed by atoms with Crippen molar-refractivity contribution in [3.05, 3.63) is 69.9 Å². The third-order valence-electron chi connectivity index (χ3n) is 9.67. The van der Waals surface area contributed by atoms with Crippen LogP contribution in [0.5, 0.6) is 0 Å². The van der Waals surface area contributed by atoms with Crippen LogP contribution in [0.1, 0.15) is 101 Å². The molecule has 7 rings (SSSR count).